The van der Waals surface area contributed by atoms with E-state index in [1.54, 1.807) is 0 Å². The quantitative estimate of drug-likeness (QED) is 0.337. The number of anilines is 1. The van der Waals surface area contributed by atoms with Crippen molar-refractivity contribution >= 4 is 21.7 Å². The highest BCUT2D eigenvalue weighted by molar-refractivity contribution is 7.92. The Labute approximate surface area is 230 Å². The number of nitrogens with zero attached hydrogens (tertiary/aromatic N) is 2. The van der Waals surface area contributed by atoms with Gasteiger partial charge in [-0.1, -0.05) is 12.1 Å². The zero-order chi connectivity index (χ0) is 29.7. The summed E-state index contributed by atoms with van der Waals surface area (Å²) in [6, 6.07) is 10.5. The van der Waals surface area contributed by atoms with Crippen LogP contribution in [0, 0.1) is 11.8 Å². The van der Waals surface area contributed by atoms with Crippen LogP contribution in [-0.4, -0.2) is 37.1 Å². The summed E-state index contributed by atoms with van der Waals surface area (Å²) in [5, 5.41) is 9.16. The lowest BCUT2D eigenvalue weighted by Gasteiger charge is -2.40. The molecule has 2 heterocycles. The second-order valence-electron chi connectivity index (χ2n) is 10.00. The molecule has 1 fully saturated rings. The van der Waals surface area contributed by atoms with Crippen molar-refractivity contribution < 1.29 is 49.4 Å². The van der Waals surface area contributed by atoms with Crippen LogP contribution in [0.5, 0.6) is 5.75 Å². The number of sulfonamides is 1. The Morgan fingerprint density at radius 2 is 1.68 bits per heavy atom. The van der Waals surface area contributed by atoms with Crippen LogP contribution < -0.4 is 9.04 Å². The van der Waals surface area contributed by atoms with Gasteiger partial charge in [0.15, 0.2) is 0 Å². The van der Waals surface area contributed by atoms with Gasteiger partial charge in [-0.3, -0.25) is 9.10 Å². The Morgan fingerprint density at radius 1 is 0.976 bits per heavy atom. The van der Waals surface area contributed by atoms with Crippen molar-refractivity contribution in [3.8, 4) is 17.0 Å². The maximum absolute atomic E-state index is 13.8. The number of benzene rings is 2. The van der Waals surface area contributed by atoms with Gasteiger partial charge in [0.2, 0.25) is 0 Å². The summed E-state index contributed by atoms with van der Waals surface area (Å²) in [6.45, 7) is -0.306. The van der Waals surface area contributed by atoms with Crippen molar-refractivity contribution in [1.82, 2.24) is 4.98 Å². The molecule has 7 nitrogen and oxygen atoms in total. The van der Waals surface area contributed by atoms with Crippen LogP contribution >= 0.6 is 0 Å². The number of halogens is 6. The van der Waals surface area contributed by atoms with E-state index in [-0.39, 0.29) is 35.2 Å². The summed E-state index contributed by atoms with van der Waals surface area (Å²) in [5.41, 5.74) is -2.37. The largest absolute Gasteiger partial charge is 0.486 e. The zero-order valence-corrected chi connectivity index (χ0v) is 21.8. The minimum Gasteiger partial charge on any atom is -0.486 e. The maximum atomic E-state index is 13.8. The highest BCUT2D eigenvalue weighted by Gasteiger charge is 2.41. The third kappa shape index (κ3) is 5.83. The molecule has 0 bridgehead atoms. The van der Waals surface area contributed by atoms with Crippen LogP contribution in [0.2, 0.25) is 0 Å². The van der Waals surface area contributed by atoms with Crippen molar-refractivity contribution in [1.29, 1.82) is 0 Å². The lowest BCUT2D eigenvalue weighted by atomic mass is 9.72. The highest BCUT2D eigenvalue weighted by atomic mass is 32.2. The SMILES string of the molecule is O=C(O)C1CC(C[C@H]2CN(S(=O)(=O)c3cccc(C(F)(F)F)c3)c3cc(-c4cccc(C(F)(F)F)n4)ccc3O2)C1. The van der Waals surface area contributed by atoms with E-state index in [1.165, 1.54) is 24.3 Å². The Balaban J connectivity index is 1.54. The first-order chi connectivity index (χ1) is 19.1. The number of carbonyl (C=O) groups is 1. The minimum atomic E-state index is -4.80. The molecular weight excluding hydrogens is 578 g/mol. The molecule has 1 atom stereocenters. The second kappa shape index (κ2) is 10.2. The molecule has 5 rings (SSSR count). The predicted octanol–water partition coefficient (Wildman–Crippen LogP) is 6.24. The number of carboxylic acid groups (broad SMARTS) is 1. The topological polar surface area (TPSA) is 96.8 Å². The van der Waals surface area contributed by atoms with Crippen molar-refractivity contribution in [2.75, 3.05) is 10.8 Å². The molecule has 3 aromatic rings. The standard InChI is InChI=1S/C27H22F6N2O5S/c28-26(29,30)18-3-1-4-20(13-18)41(38,39)35-14-19(11-15-9-17(10-15)25(36)37)40-23-8-7-16(12-22(23)35)21-5-2-6-24(34-21)27(31,32)33/h1-8,12-13,15,17,19H,9-11,14H2,(H,36,37)/t15?,17?,19-/m0/s1. The normalized spacial score (nSPS) is 21.0. The van der Waals surface area contributed by atoms with Gasteiger partial charge in [-0.25, -0.2) is 13.4 Å². The van der Waals surface area contributed by atoms with E-state index in [1.807, 2.05) is 0 Å². The number of carboxylic acids is 1. The number of aliphatic carboxylic acids is 1. The maximum Gasteiger partial charge on any atom is 0.433 e. The van der Waals surface area contributed by atoms with Crippen molar-refractivity contribution in [2.24, 2.45) is 11.8 Å². The molecule has 0 unspecified atom stereocenters. The highest BCUT2D eigenvalue weighted by Crippen LogP contribution is 2.44. The minimum absolute atomic E-state index is 0.0571. The fourth-order valence-corrected chi connectivity index (χ4v) is 6.58. The Bertz CT molecular complexity index is 1590. The Kier molecular flexibility index (Phi) is 7.16. The molecule has 0 spiro atoms. The molecule has 1 N–H and O–H groups in total. The van der Waals surface area contributed by atoms with Gasteiger partial charge in [-0.2, -0.15) is 26.3 Å². The van der Waals surface area contributed by atoms with Crippen LogP contribution in [0.1, 0.15) is 30.5 Å². The van der Waals surface area contributed by atoms with Crippen LogP contribution in [0.3, 0.4) is 0 Å². The number of rotatable bonds is 6. The molecule has 1 aliphatic heterocycles. The van der Waals surface area contributed by atoms with Crippen molar-refractivity contribution in [2.45, 2.75) is 42.6 Å². The van der Waals surface area contributed by atoms with E-state index in [4.69, 9.17) is 9.84 Å². The molecule has 1 saturated carbocycles. The van der Waals surface area contributed by atoms with E-state index >= 15 is 0 Å². The number of ether oxygens (including phenoxy) is 1. The molecule has 14 heteroatoms. The third-order valence-electron chi connectivity index (χ3n) is 7.16. The molecule has 0 radical (unpaired) electrons. The van der Waals surface area contributed by atoms with Crippen LogP contribution in [0.15, 0.2) is 65.6 Å². The smallest absolute Gasteiger partial charge is 0.433 e. The number of alkyl halides is 6. The first-order valence-electron chi connectivity index (χ1n) is 12.4. The van der Waals surface area contributed by atoms with Crippen molar-refractivity contribution in [3.05, 3.63) is 71.9 Å². The monoisotopic (exact) mass is 600 g/mol. The lowest BCUT2D eigenvalue weighted by Crippen LogP contribution is -2.45. The van der Waals surface area contributed by atoms with Crippen LogP contribution in [-0.2, 0) is 27.2 Å². The summed E-state index contributed by atoms with van der Waals surface area (Å²) in [4.78, 5) is 14.2. The first kappa shape index (κ1) is 28.7. The van der Waals surface area contributed by atoms with Gasteiger partial charge in [0.05, 0.1) is 34.3 Å². The lowest BCUT2D eigenvalue weighted by molar-refractivity contribution is -0.146. The molecule has 2 aromatic carbocycles. The molecule has 218 valence electrons. The molecule has 41 heavy (non-hydrogen) atoms. The molecule has 0 amide bonds. The van der Waals surface area contributed by atoms with Gasteiger partial charge in [0, 0.05) is 5.56 Å². The van der Waals surface area contributed by atoms with Gasteiger partial charge < -0.3 is 9.84 Å². The number of aromatic nitrogens is 1. The molecule has 1 aliphatic carbocycles. The zero-order valence-electron chi connectivity index (χ0n) is 21.0. The number of pyridine rings is 1. The fraction of sp³-hybridized carbons (Fsp3) is 0.333. The summed E-state index contributed by atoms with van der Waals surface area (Å²) >= 11 is 0. The summed E-state index contributed by atoms with van der Waals surface area (Å²) in [5.74, 6) is -1.44. The number of fused-ring (bicyclic) bond motifs is 1. The van der Waals surface area contributed by atoms with E-state index in [9.17, 15) is 39.6 Å². The number of hydrogen-bond donors (Lipinski definition) is 1. The van der Waals surface area contributed by atoms with E-state index < -0.39 is 56.5 Å². The summed E-state index contributed by atoms with van der Waals surface area (Å²) < 4.78 is 114. The first-order valence-corrected chi connectivity index (χ1v) is 13.8. The second-order valence-corrected chi connectivity index (χ2v) is 11.9. The molecule has 1 aromatic heterocycles. The number of hydrogen-bond acceptors (Lipinski definition) is 5. The third-order valence-corrected chi connectivity index (χ3v) is 8.93. The Hall–Kier alpha value is -3.81. The van der Waals surface area contributed by atoms with E-state index in [0.717, 1.165) is 34.6 Å². The van der Waals surface area contributed by atoms with Gasteiger partial charge in [-0.15, -0.1) is 0 Å². The molecular formula is C27H22F6N2O5S. The van der Waals surface area contributed by atoms with E-state index in [0.29, 0.717) is 25.3 Å². The van der Waals surface area contributed by atoms with Gasteiger partial charge in [0.25, 0.3) is 10.0 Å². The fourth-order valence-electron chi connectivity index (χ4n) is 5.04. The molecule has 0 saturated heterocycles. The molecule has 2 aliphatic rings. The summed E-state index contributed by atoms with van der Waals surface area (Å²) in [7, 11) is -4.61. The average molecular weight is 601 g/mol. The average Bonchev–Trinajstić information content (AvgIpc) is 2.88. The summed E-state index contributed by atoms with van der Waals surface area (Å²) in [6.07, 6.45) is -9.22. The van der Waals surface area contributed by atoms with Crippen LogP contribution in [0.4, 0.5) is 32.0 Å². The van der Waals surface area contributed by atoms with Gasteiger partial charge in [0.1, 0.15) is 17.5 Å². The Morgan fingerprint density at radius 3 is 2.34 bits per heavy atom. The van der Waals surface area contributed by atoms with Gasteiger partial charge in [-0.05, 0) is 73.7 Å². The van der Waals surface area contributed by atoms with Crippen LogP contribution in [0.25, 0.3) is 11.3 Å². The van der Waals surface area contributed by atoms with Crippen molar-refractivity contribution in [3.63, 3.8) is 0 Å². The van der Waals surface area contributed by atoms with E-state index in [2.05, 4.69) is 4.98 Å². The van der Waals surface area contributed by atoms with Gasteiger partial charge >= 0.3 is 18.3 Å². The predicted molar refractivity (Wildman–Crippen MR) is 134 cm³/mol.